The molecule has 88 valence electrons. The van der Waals surface area contributed by atoms with Gasteiger partial charge in [-0.2, -0.15) is 0 Å². The minimum Gasteiger partial charge on any atom is -0.437 e. The van der Waals surface area contributed by atoms with Crippen molar-refractivity contribution in [3.63, 3.8) is 0 Å². The lowest BCUT2D eigenvalue weighted by atomic mass is 10.1. The first-order valence-electron chi connectivity index (χ1n) is 5.54. The van der Waals surface area contributed by atoms with Crippen LogP contribution < -0.4 is 10.5 Å². The molecule has 0 unspecified atom stereocenters. The summed E-state index contributed by atoms with van der Waals surface area (Å²) >= 11 is 0. The fourth-order valence-corrected chi connectivity index (χ4v) is 1.64. The first kappa shape index (κ1) is 11.5. The normalized spacial score (nSPS) is 10.3. The second kappa shape index (κ2) is 4.45. The minimum absolute atomic E-state index is 0.469. The smallest absolute Gasteiger partial charge is 0.242 e. The van der Waals surface area contributed by atoms with Gasteiger partial charge < -0.3 is 10.5 Å². The molecule has 0 atom stereocenters. The number of nitrogens with two attached hydrogens (primary N) is 1. The highest BCUT2D eigenvalue weighted by molar-refractivity contribution is 5.50. The summed E-state index contributed by atoms with van der Waals surface area (Å²) in [6.07, 6.45) is 0. The molecule has 1 heterocycles. The van der Waals surface area contributed by atoms with E-state index in [-0.39, 0.29) is 0 Å². The highest BCUT2D eigenvalue weighted by Crippen LogP contribution is 2.28. The molecule has 3 heteroatoms. The van der Waals surface area contributed by atoms with Crippen LogP contribution in [-0.2, 0) is 0 Å². The zero-order valence-corrected chi connectivity index (χ0v) is 10.3. The molecular formula is C14H16N2O. The number of benzene rings is 1. The van der Waals surface area contributed by atoms with Crippen LogP contribution in [0.5, 0.6) is 11.6 Å². The van der Waals surface area contributed by atoms with Gasteiger partial charge in [-0.3, -0.25) is 0 Å². The Kier molecular flexibility index (Phi) is 3.00. The van der Waals surface area contributed by atoms with E-state index in [1.165, 1.54) is 5.56 Å². The summed E-state index contributed by atoms with van der Waals surface area (Å²) in [5.41, 5.74) is 9.55. The van der Waals surface area contributed by atoms with Gasteiger partial charge in [0.05, 0.1) is 5.69 Å². The van der Waals surface area contributed by atoms with E-state index < -0.39 is 0 Å². The van der Waals surface area contributed by atoms with Crippen LogP contribution in [0.15, 0.2) is 30.3 Å². The van der Waals surface area contributed by atoms with Crippen molar-refractivity contribution >= 4 is 5.69 Å². The van der Waals surface area contributed by atoms with Crippen molar-refractivity contribution < 1.29 is 4.74 Å². The maximum atomic E-state index is 5.83. The third-order valence-electron chi connectivity index (χ3n) is 2.57. The first-order chi connectivity index (χ1) is 8.06. The Morgan fingerprint density at radius 1 is 1.06 bits per heavy atom. The van der Waals surface area contributed by atoms with Crippen molar-refractivity contribution in [1.82, 2.24) is 4.98 Å². The van der Waals surface area contributed by atoms with E-state index in [0.717, 1.165) is 17.0 Å². The van der Waals surface area contributed by atoms with E-state index in [2.05, 4.69) is 18.0 Å². The second-order valence-corrected chi connectivity index (χ2v) is 4.22. The number of pyridine rings is 1. The Hall–Kier alpha value is -2.03. The number of ether oxygens (including phenoxy) is 1. The van der Waals surface area contributed by atoms with Gasteiger partial charge in [0.1, 0.15) is 5.75 Å². The Balaban J connectivity index is 2.34. The fraction of sp³-hybridized carbons (Fsp3) is 0.214. The van der Waals surface area contributed by atoms with Crippen LogP contribution in [0.1, 0.15) is 16.8 Å². The topological polar surface area (TPSA) is 48.1 Å². The summed E-state index contributed by atoms with van der Waals surface area (Å²) in [7, 11) is 0. The summed E-state index contributed by atoms with van der Waals surface area (Å²) in [5, 5.41) is 0. The molecule has 0 amide bonds. The quantitative estimate of drug-likeness (QED) is 0.857. The van der Waals surface area contributed by atoms with Crippen molar-refractivity contribution in [3.05, 3.63) is 47.2 Å². The molecular weight excluding hydrogens is 212 g/mol. The summed E-state index contributed by atoms with van der Waals surface area (Å²) < 4.78 is 5.74. The second-order valence-electron chi connectivity index (χ2n) is 4.22. The molecule has 0 aliphatic heterocycles. The number of anilines is 1. The zero-order chi connectivity index (χ0) is 12.4. The molecule has 0 spiro atoms. The van der Waals surface area contributed by atoms with Crippen LogP contribution in [-0.4, -0.2) is 4.98 Å². The number of nitrogen functional groups attached to an aromatic ring is 1. The summed E-state index contributed by atoms with van der Waals surface area (Å²) in [4.78, 5) is 4.28. The number of nitrogens with zero attached hydrogens (tertiary/aromatic N) is 1. The van der Waals surface area contributed by atoms with E-state index >= 15 is 0 Å². The van der Waals surface area contributed by atoms with Gasteiger partial charge in [0.2, 0.25) is 5.88 Å². The minimum atomic E-state index is 0.469. The molecule has 1 aromatic heterocycles. The van der Waals surface area contributed by atoms with Gasteiger partial charge in [0, 0.05) is 5.69 Å². The Morgan fingerprint density at radius 3 is 2.53 bits per heavy atom. The van der Waals surface area contributed by atoms with Crippen molar-refractivity contribution in [2.75, 3.05) is 5.73 Å². The molecule has 2 N–H and O–H groups in total. The average Bonchev–Trinajstić information content (AvgIpc) is 2.27. The molecule has 3 nitrogen and oxygen atoms in total. The predicted octanol–water partition coefficient (Wildman–Crippen LogP) is 3.38. The van der Waals surface area contributed by atoms with Crippen LogP contribution in [0.2, 0.25) is 0 Å². The molecule has 0 aliphatic carbocycles. The highest BCUT2D eigenvalue weighted by Gasteiger charge is 2.06. The summed E-state index contributed by atoms with van der Waals surface area (Å²) in [6.45, 7) is 5.97. The maximum Gasteiger partial charge on any atom is 0.242 e. The van der Waals surface area contributed by atoms with Gasteiger partial charge in [-0.1, -0.05) is 17.7 Å². The molecule has 0 radical (unpaired) electrons. The first-order valence-corrected chi connectivity index (χ1v) is 5.54. The molecule has 2 rings (SSSR count). The maximum absolute atomic E-state index is 5.83. The Bertz CT molecular complexity index is 550. The van der Waals surface area contributed by atoms with Crippen LogP contribution in [0, 0.1) is 20.8 Å². The SMILES string of the molecule is Cc1ccc(Oc2nc(C)ccc2N)c(C)c1. The molecule has 2 aromatic rings. The standard InChI is InChI=1S/C14H16N2O/c1-9-4-7-13(10(2)8-9)17-14-12(15)6-5-11(3)16-14/h4-8H,15H2,1-3H3. The van der Waals surface area contributed by atoms with Crippen molar-refractivity contribution in [1.29, 1.82) is 0 Å². The highest BCUT2D eigenvalue weighted by atomic mass is 16.5. The van der Waals surface area contributed by atoms with Crippen LogP contribution >= 0.6 is 0 Å². The molecule has 0 bridgehead atoms. The molecule has 0 fully saturated rings. The fourth-order valence-electron chi connectivity index (χ4n) is 1.64. The van der Waals surface area contributed by atoms with Gasteiger partial charge in [-0.05, 0) is 44.5 Å². The molecule has 0 saturated heterocycles. The van der Waals surface area contributed by atoms with Gasteiger partial charge >= 0.3 is 0 Å². The number of aromatic nitrogens is 1. The van der Waals surface area contributed by atoms with Crippen LogP contribution in [0.25, 0.3) is 0 Å². The molecule has 17 heavy (non-hydrogen) atoms. The molecule has 1 aromatic carbocycles. The Labute approximate surface area is 101 Å². The summed E-state index contributed by atoms with van der Waals surface area (Å²) in [5.74, 6) is 1.26. The average molecular weight is 228 g/mol. The number of hydrogen-bond acceptors (Lipinski definition) is 3. The molecule has 0 aliphatic rings. The van der Waals surface area contributed by atoms with E-state index in [4.69, 9.17) is 10.5 Å². The Morgan fingerprint density at radius 2 is 1.82 bits per heavy atom. The van der Waals surface area contributed by atoms with Crippen molar-refractivity contribution in [3.8, 4) is 11.6 Å². The van der Waals surface area contributed by atoms with Gasteiger partial charge in [-0.25, -0.2) is 4.98 Å². The number of rotatable bonds is 2. The van der Waals surface area contributed by atoms with E-state index in [0.29, 0.717) is 11.6 Å². The monoisotopic (exact) mass is 228 g/mol. The van der Waals surface area contributed by atoms with Crippen LogP contribution in [0.3, 0.4) is 0 Å². The van der Waals surface area contributed by atoms with Crippen LogP contribution in [0.4, 0.5) is 5.69 Å². The lowest BCUT2D eigenvalue weighted by Gasteiger charge is -2.10. The van der Waals surface area contributed by atoms with Crippen molar-refractivity contribution in [2.45, 2.75) is 20.8 Å². The third-order valence-corrected chi connectivity index (χ3v) is 2.57. The van der Waals surface area contributed by atoms with Gasteiger partial charge in [-0.15, -0.1) is 0 Å². The largest absolute Gasteiger partial charge is 0.437 e. The lowest BCUT2D eigenvalue weighted by Crippen LogP contribution is -1.97. The lowest BCUT2D eigenvalue weighted by molar-refractivity contribution is 0.461. The zero-order valence-electron chi connectivity index (χ0n) is 10.3. The van der Waals surface area contributed by atoms with E-state index in [9.17, 15) is 0 Å². The van der Waals surface area contributed by atoms with Gasteiger partial charge in [0.25, 0.3) is 0 Å². The van der Waals surface area contributed by atoms with Crippen molar-refractivity contribution in [2.24, 2.45) is 0 Å². The van der Waals surface area contributed by atoms with Gasteiger partial charge in [0.15, 0.2) is 0 Å². The van der Waals surface area contributed by atoms with E-state index in [1.807, 2.05) is 32.0 Å². The number of hydrogen-bond donors (Lipinski definition) is 1. The number of aryl methyl sites for hydroxylation is 3. The third kappa shape index (κ3) is 2.56. The predicted molar refractivity (Wildman–Crippen MR) is 69.4 cm³/mol. The summed E-state index contributed by atoms with van der Waals surface area (Å²) in [6, 6.07) is 9.69. The van der Waals surface area contributed by atoms with E-state index in [1.54, 1.807) is 6.07 Å². The molecule has 0 saturated carbocycles.